The normalized spacial score (nSPS) is 13.7. The Morgan fingerprint density at radius 3 is 2.83 bits per heavy atom. The van der Waals surface area contributed by atoms with Gasteiger partial charge >= 0.3 is 5.69 Å². The number of nitrogen functional groups attached to an aromatic ring is 1. The smallest absolute Gasteiger partial charge is 0.329 e. The second-order valence-electron chi connectivity index (χ2n) is 6.07. The van der Waals surface area contributed by atoms with Crippen molar-refractivity contribution in [2.24, 2.45) is 0 Å². The Balaban J connectivity index is 1.96. The van der Waals surface area contributed by atoms with Crippen LogP contribution in [0.25, 0.3) is 0 Å². The van der Waals surface area contributed by atoms with Crippen molar-refractivity contribution in [1.82, 2.24) is 19.1 Å². The molecule has 2 heterocycles. The zero-order valence-corrected chi connectivity index (χ0v) is 13.7. The summed E-state index contributed by atoms with van der Waals surface area (Å²) in [5, 5.41) is 0. The molecule has 3 N–H and O–H groups in total. The number of fused-ring (bicyclic) bond motifs is 1. The van der Waals surface area contributed by atoms with Crippen LogP contribution in [0, 0.1) is 0 Å². The highest BCUT2D eigenvalue weighted by Gasteiger charge is 2.22. The van der Waals surface area contributed by atoms with Crippen LogP contribution in [0.4, 0.5) is 5.82 Å². The van der Waals surface area contributed by atoms with E-state index in [1.807, 2.05) is 6.92 Å². The van der Waals surface area contributed by atoms with Crippen LogP contribution in [0.5, 0.6) is 0 Å². The van der Waals surface area contributed by atoms with Gasteiger partial charge in [-0.15, -0.1) is 0 Å². The number of aryl methyl sites for hydroxylation is 1. The van der Waals surface area contributed by atoms with E-state index in [1.165, 1.54) is 4.57 Å². The van der Waals surface area contributed by atoms with Gasteiger partial charge in [-0.1, -0.05) is 6.92 Å². The number of rotatable bonds is 5. The van der Waals surface area contributed by atoms with Gasteiger partial charge in [-0.25, -0.2) is 9.78 Å². The first-order valence-corrected chi connectivity index (χ1v) is 8.21. The number of anilines is 1. The first-order valence-electron chi connectivity index (χ1n) is 8.21. The zero-order valence-electron chi connectivity index (χ0n) is 13.7. The molecule has 1 aliphatic carbocycles. The lowest BCUT2D eigenvalue weighted by molar-refractivity contribution is 0.0969. The van der Waals surface area contributed by atoms with Gasteiger partial charge in [0.2, 0.25) is 0 Å². The number of carbonyl (C=O) groups is 1. The molecule has 0 unspecified atom stereocenters. The number of H-pyrrole nitrogens is 1. The van der Waals surface area contributed by atoms with Gasteiger partial charge in [-0.2, -0.15) is 0 Å². The molecule has 3 rings (SSSR count). The minimum Gasteiger partial charge on any atom is -0.384 e. The van der Waals surface area contributed by atoms with Crippen LogP contribution in [0.15, 0.2) is 15.9 Å². The minimum absolute atomic E-state index is 0.0000574. The van der Waals surface area contributed by atoms with E-state index in [-0.39, 0.29) is 17.9 Å². The van der Waals surface area contributed by atoms with Crippen molar-refractivity contribution in [2.45, 2.75) is 52.1 Å². The average molecular weight is 331 g/mol. The highest BCUT2D eigenvalue weighted by atomic mass is 16.2. The first kappa shape index (κ1) is 16.2. The predicted octanol–water partition coefficient (Wildman–Crippen LogP) is 0.487. The van der Waals surface area contributed by atoms with Crippen LogP contribution in [-0.2, 0) is 25.9 Å². The summed E-state index contributed by atoms with van der Waals surface area (Å²) in [5.41, 5.74) is 6.53. The van der Waals surface area contributed by atoms with E-state index in [0.29, 0.717) is 13.0 Å². The van der Waals surface area contributed by atoms with Crippen LogP contribution in [0.2, 0.25) is 0 Å². The summed E-state index contributed by atoms with van der Waals surface area (Å²) in [7, 11) is 0. The third-order valence-corrected chi connectivity index (χ3v) is 4.39. The van der Waals surface area contributed by atoms with Crippen LogP contribution in [0.1, 0.15) is 47.9 Å². The summed E-state index contributed by atoms with van der Waals surface area (Å²) in [6, 6.07) is 0. The number of nitrogens with one attached hydrogen (secondary N) is 1. The number of aromatic amines is 1. The molecule has 2 aromatic heterocycles. The molecule has 0 fully saturated rings. The number of ketones is 1. The van der Waals surface area contributed by atoms with Gasteiger partial charge in [-0.05, 0) is 32.1 Å². The monoisotopic (exact) mass is 331 g/mol. The van der Waals surface area contributed by atoms with Crippen molar-refractivity contribution < 1.29 is 4.79 Å². The SMILES string of the molecule is CCCn1c(N)c(C(=O)Cn2cnc3c2CCCC3)c(=O)[nH]c1=O. The molecule has 8 heteroatoms. The van der Waals surface area contributed by atoms with Crippen LogP contribution >= 0.6 is 0 Å². The van der Waals surface area contributed by atoms with E-state index in [1.54, 1.807) is 10.9 Å². The quantitative estimate of drug-likeness (QED) is 0.773. The number of Topliss-reactive ketones (excluding diaryl/α,β-unsaturated/α-hetero) is 1. The fourth-order valence-corrected chi connectivity index (χ4v) is 3.20. The lowest BCUT2D eigenvalue weighted by Gasteiger charge is -2.14. The third kappa shape index (κ3) is 2.79. The number of imidazole rings is 1. The van der Waals surface area contributed by atoms with Gasteiger partial charge in [0.1, 0.15) is 11.4 Å². The van der Waals surface area contributed by atoms with Gasteiger partial charge in [0.05, 0.1) is 18.6 Å². The molecular weight excluding hydrogens is 310 g/mol. The van der Waals surface area contributed by atoms with Gasteiger partial charge < -0.3 is 10.3 Å². The molecule has 0 atom stereocenters. The Labute approximate surface area is 138 Å². The number of hydrogen-bond donors (Lipinski definition) is 2. The number of aromatic nitrogens is 4. The van der Waals surface area contributed by atoms with Gasteiger partial charge in [0, 0.05) is 12.2 Å². The van der Waals surface area contributed by atoms with Crippen molar-refractivity contribution >= 4 is 11.6 Å². The molecule has 1 aliphatic rings. The fourth-order valence-electron chi connectivity index (χ4n) is 3.20. The summed E-state index contributed by atoms with van der Waals surface area (Å²) >= 11 is 0. The largest absolute Gasteiger partial charge is 0.384 e. The van der Waals surface area contributed by atoms with Crippen LogP contribution in [0.3, 0.4) is 0 Å². The molecule has 8 nitrogen and oxygen atoms in total. The molecule has 24 heavy (non-hydrogen) atoms. The molecule has 2 aromatic rings. The summed E-state index contributed by atoms with van der Waals surface area (Å²) in [6.07, 6.45) is 6.27. The second kappa shape index (κ2) is 6.46. The Hall–Kier alpha value is -2.64. The number of nitrogens with zero attached hydrogens (tertiary/aromatic N) is 3. The second-order valence-corrected chi connectivity index (χ2v) is 6.07. The summed E-state index contributed by atoms with van der Waals surface area (Å²) in [6.45, 7) is 2.23. The summed E-state index contributed by atoms with van der Waals surface area (Å²) < 4.78 is 3.02. The Kier molecular flexibility index (Phi) is 4.37. The maximum absolute atomic E-state index is 12.6. The summed E-state index contributed by atoms with van der Waals surface area (Å²) in [5.74, 6) is -0.478. The first-order chi connectivity index (χ1) is 11.5. The van der Waals surface area contributed by atoms with E-state index in [4.69, 9.17) is 5.73 Å². The molecular formula is C16H21N5O3. The number of nitrogens with two attached hydrogens (primary N) is 1. The highest BCUT2D eigenvalue weighted by molar-refractivity contribution is 5.99. The predicted molar refractivity (Wildman–Crippen MR) is 89.2 cm³/mol. The number of carbonyl (C=O) groups excluding carboxylic acids is 1. The Morgan fingerprint density at radius 2 is 2.08 bits per heavy atom. The molecule has 0 aromatic carbocycles. The van der Waals surface area contributed by atoms with Crippen molar-refractivity contribution in [2.75, 3.05) is 5.73 Å². The highest BCUT2D eigenvalue weighted by Crippen LogP contribution is 2.20. The van der Waals surface area contributed by atoms with E-state index in [2.05, 4.69) is 9.97 Å². The van der Waals surface area contributed by atoms with Crippen LogP contribution < -0.4 is 17.0 Å². The molecule has 0 amide bonds. The lowest BCUT2D eigenvalue weighted by atomic mass is 10.0. The van der Waals surface area contributed by atoms with E-state index >= 15 is 0 Å². The molecule has 0 spiro atoms. The maximum atomic E-state index is 12.6. The molecule has 0 saturated carbocycles. The van der Waals surface area contributed by atoms with E-state index in [0.717, 1.165) is 37.1 Å². The Bertz CT molecular complexity index is 890. The topological polar surface area (TPSA) is 116 Å². The zero-order chi connectivity index (χ0) is 17.3. The van der Waals surface area contributed by atoms with Crippen molar-refractivity contribution in [3.63, 3.8) is 0 Å². The Morgan fingerprint density at radius 1 is 1.33 bits per heavy atom. The molecule has 0 radical (unpaired) electrons. The fraction of sp³-hybridized carbons (Fsp3) is 0.500. The molecule has 0 aliphatic heterocycles. The number of hydrogen-bond acceptors (Lipinski definition) is 5. The molecule has 128 valence electrons. The van der Waals surface area contributed by atoms with Crippen molar-refractivity contribution in [3.8, 4) is 0 Å². The average Bonchev–Trinajstić information content (AvgIpc) is 2.94. The lowest BCUT2D eigenvalue weighted by Crippen LogP contribution is -2.37. The van der Waals surface area contributed by atoms with E-state index < -0.39 is 17.0 Å². The molecule has 0 saturated heterocycles. The van der Waals surface area contributed by atoms with Crippen LogP contribution in [-0.4, -0.2) is 24.9 Å². The minimum atomic E-state index is -0.733. The maximum Gasteiger partial charge on any atom is 0.329 e. The van der Waals surface area contributed by atoms with Gasteiger partial charge in [-0.3, -0.25) is 19.1 Å². The van der Waals surface area contributed by atoms with Crippen molar-refractivity contribution in [3.05, 3.63) is 44.1 Å². The third-order valence-electron chi connectivity index (χ3n) is 4.39. The van der Waals surface area contributed by atoms with E-state index in [9.17, 15) is 14.4 Å². The van der Waals surface area contributed by atoms with Gasteiger partial charge in [0.15, 0.2) is 5.78 Å². The van der Waals surface area contributed by atoms with Crippen molar-refractivity contribution in [1.29, 1.82) is 0 Å². The summed E-state index contributed by atoms with van der Waals surface area (Å²) in [4.78, 5) is 43.1. The standard InChI is InChI=1S/C16H21N5O3/c1-2-7-21-14(17)13(15(23)19-16(21)24)12(22)8-20-9-18-10-5-3-4-6-11(10)20/h9H,2-8,17H2,1H3,(H,19,23,24). The van der Waals surface area contributed by atoms with Gasteiger partial charge in [0.25, 0.3) is 5.56 Å². The molecule has 0 bridgehead atoms.